The molecule has 18 heavy (non-hydrogen) atoms. The van der Waals surface area contributed by atoms with E-state index in [9.17, 15) is 4.39 Å². The third-order valence-corrected chi connectivity index (χ3v) is 2.82. The summed E-state index contributed by atoms with van der Waals surface area (Å²) in [6.07, 6.45) is 0. The molecule has 3 heteroatoms. The molecular weight excluding hydrogens is 229 g/mol. The van der Waals surface area contributed by atoms with Crippen LogP contribution >= 0.6 is 0 Å². The Morgan fingerprint density at radius 2 is 1.83 bits per heavy atom. The van der Waals surface area contributed by atoms with Gasteiger partial charge in [0.15, 0.2) is 0 Å². The van der Waals surface area contributed by atoms with Crippen LogP contribution in [0.5, 0.6) is 5.75 Å². The number of rotatable bonds is 4. The highest BCUT2D eigenvalue weighted by Crippen LogP contribution is 2.21. The van der Waals surface area contributed by atoms with E-state index in [4.69, 9.17) is 4.74 Å². The van der Waals surface area contributed by atoms with Crippen molar-refractivity contribution in [2.45, 2.75) is 13.0 Å². The second kappa shape index (κ2) is 5.54. The first kappa shape index (κ1) is 12.4. The molecule has 2 aromatic carbocycles. The van der Waals surface area contributed by atoms with Crippen LogP contribution in [0.25, 0.3) is 0 Å². The van der Waals surface area contributed by atoms with Gasteiger partial charge in [-0.05, 0) is 42.8 Å². The molecule has 2 nitrogen and oxygen atoms in total. The van der Waals surface area contributed by atoms with E-state index in [1.807, 2.05) is 37.3 Å². The van der Waals surface area contributed by atoms with Gasteiger partial charge in [-0.2, -0.15) is 0 Å². The summed E-state index contributed by atoms with van der Waals surface area (Å²) in [7, 11) is 1.64. The molecule has 1 N–H and O–H groups in total. The predicted octanol–water partition coefficient (Wildman–Crippen LogP) is 4.01. The minimum Gasteiger partial charge on any atom is -0.497 e. The van der Waals surface area contributed by atoms with Gasteiger partial charge >= 0.3 is 0 Å². The predicted molar refractivity (Wildman–Crippen MR) is 71.4 cm³/mol. The Labute approximate surface area is 106 Å². The summed E-state index contributed by atoms with van der Waals surface area (Å²) in [6.45, 7) is 2.03. The quantitative estimate of drug-likeness (QED) is 0.878. The zero-order valence-electron chi connectivity index (χ0n) is 10.5. The van der Waals surface area contributed by atoms with Crippen molar-refractivity contribution < 1.29 is 9.13 Å². The molecule has 0 aliphatic heterocycles. The second-order valence-electron chi connectivity index (χ2n) is 4.15. The normalized spacial score (nSPS) is 11.9. The SMILES string of the molecule is COc1ccc(C(C)Nc2cccc(F)c2)cc1. The first-order valence-electron chi connectivity index (χ1n) is 5.85. The Hall–Kier alpha value is -2.03. The first-order valence-corrected chi connectivity index (χ1v) is 5.85. The van der Waals surface area contributed by atoms with E-state index in [1.165, 1.54) is 12.1 Å². The maximum absolute atomic E-state index is 13.1. The van der Waals surface area contributed by atoms with Crippen molar-refractivity contribution in [1.82, 2.24) is 0 Å². The van der Waals surface area contributed by atoms with E-state index >= 15 is 0 Å². The number of anilines is 1. The monoisotopic (exact) mass is 245 g/mol. The van der Waals surface area contributed by atoms with Gasteiger partial charge in [0, 0.05) is 11.7 Å². The fourth-order valence-corrected chi connectivity index (χ4v) is 1.80. The molecular formula is C15H16FNO. The number of benzene rings is 2. The zero-order valence-corrected chi connectivity index (χ0v) is 10.5. The molecule has 1 unspecified atom stereocenters. The molecule has 0 saturated heterocycles. The standard InChI is InChI=1S/C15H16FNO/c1-11(12-6-8-15(18-2)9-7-12)17-14-5-3-4-13(16)10-14/h3-11,17H,1-2H3. The summed E-state index contributed by atoms with van der Waals surface area (Å²) in [5, 5.41) is 3.26. The zero-order chi connectivity index (χ0) is 13.0. The van der Waals surface area contributed by atoms with Crippen LogP contribution in [0.3, 0.4) is 0 Å². The van der Waals surface area contributed by atoms with Gasteiger partial charge in [0.2, 0.25) is 0 Å². The number of halogens is 1. The molecule has 0 aromatic heterocycles. The van der Waals surface area contributed by atoms with Crippen LogP contribution in [0.2, 0.25) is 0 Å². The van der Waals surface area contributed by atoms with Crippen molar-refractivity contribution in [3.05, 3.63) is 59.9 Å². The largest absolute Gasteiger partial charge is 0.497 e. The van der Waals surface area contributed by atoms with E-state index < -0.39 is 0 Å². The average Bonchev–Trinajstić information content (AvgIpc) is 2.39. The van der Waals surface area contributed by atoms with Crippen molar-refractivity contribution in [2.75, 3.05) is 12.4 Å². The molecule has 2 aromatic rings. The van der Waals surface area contributed by atoms with Crippen LogP contribution in [0.4, 0.5) is 10.1 Å². The Kier molecular flexibility index (Phi) is 3.82. The van der Waals surface area contributed by atoms with Crippen molar-refractivity contribution >= 4 is 5.69 Å². The molecule has 94 valence electrons. The first-order chi connectivity index (χ1) is 8.69. The lowest BCUT2D eigenvalue weighted by atomic mass is 10.1. The summed E-state index contributed by atoms with van der Waals surface area (Å²) >= 11 is 0. The van der Waals surface area contributed by atoms with Gasteiger partial charge in [-0.1, -0.05) is 18.2 Å². The molecule has 0 fully saturated rings. The topological polar surface area (TPSA) is 21.3 Å². The highest BCUT2D eigenvalue weighted by Gasteiger charge is 2.05. The van der Waals surface area contributed by atoms with Crippen molar-refractivity contribution in [1.29, 1.82) is 0 Å². The van der Waals surface area contributed by atoms with Gasteiger partial charge in [0.1, 0.15) is 11.6 Å². The summed E-state index contributed by atoms with van der Waals surface area (Å²) in [6, 6.07) is 14.4. The van der Waals surface area contributed by atoms with Gasteiger partial charge < -0.3 is 10.1 Å². The number of hydrogen-bond donors (Lipinski definition) is 1. The molecule has 0 bridgehead atoms. The average molecular weight is 245 g/mol. The lowest BCUT2D eigenvalue weighted by Gasteiger charge is -2.16. The molecule has 0 amide bonds. The summed E-state index contributed by atoms with van der Waals surface area (Å²) in [5.41, 5.74) is 1.90. The summed E-state index contributed by atoms with van der Waals surface area (Å²) in [4.78, 5) is 0. The maximum atomic E-state index is 13.1. The van der Waals surface area contributed by atoms with Gasteiger partial charge in [-0.25, -0.2) is 4.39 Å². The van der Waals surface area contributed by atoms with Crippen LogP contribution in [0, 0.1) is 5.82 Å². The molecule has 2 rings (SSSR count). The number of hydrogen-bond acceptors (Lipinski definition) is 2. The number of ether oxygens (including phenoxy) is 1. The van der Waals surface area contributed by atoms with E-state index in [0.29, 0.717) is 0 Å². The third-order valence-electron chi connectivity index (χ3n) is 2.82. The Balaban J connectivity index is 2.09. The molecule has 0 radical (unpaired) electrons. The van der Waals surface area contributed by atoms with E-state index in [-0.39, 0.29) is 11.9 Å². The van der Waals surface area contributed by atoms with Crippen molar-refractivity contribution in [3.63, 3.8) is 0 Å². The minimum atomic E-state index is -0.234. The summed E-state index contributed by atoms with van der Waals surface area (Å²) < 4.78 is 18.2. The van der Waals surface area contributed by atoms with E-state index in [0.717, 1.165) is 17.0 Å². The molecule has 0 aliphatic rings. The van der Waals surface area contributed by atoms with Crippen LogP contribution in [0.1, 0.15) is 18.5 Å². The Morgan fingerprint density at radius 3 is 2.44 bits per heavy atom. The van der Waals surface area contributed by atoms with Gasteiger partial charge in [-0.3, -0.25) is 0 Å². The van der Waals surface area contributed by atoms with Gasteiger partial charge in [0.25, 0.3) is 0 Å². The highest BCUT2D eigenvalue weighted by molar-refractivity contribution is 5.45. The number of nitrogens with one attached hydrogen (secondary N) is 1. The van der Waals surface area contributed by atoms with Gasteiger partial charge in [-0.15, -0.1) is 0 Å². The molecule has 1 atom stereocenters. The maximum Gasteiger partial charge on any atom is 0.125 e. The van der Waals surface area contributed by atoms with Crippen LogP contribution in [-0.2, 0) is 0 Å². The fraction of sp³-hybridized carbons (Fsp3) is 0.200. The van der Waals surface area contributed by atoms with Crippen LogP contribution in [0.15, 0.2) is 48.5 Å². The lowest BCUT2D eigenvalue weighted by molar-refractivity contribution is 0.414. The minimum absolute atomic E-state index is 0.109. The fourth-order valence-electron chi connectivity index (χ4n) is 1.80. The van der Waals surface area contributed by atoms with E-state index in [1.54, 1.807) is 13.2 Å². The van der Waals surface area contributed by atoms with Crippen molar-refractivity contribution in [2.24, 2.45) is 0 Å². The second-order valence-corrected chi connectivity index (χ2v) is 4.15. The summed E-state index contributed by atoms with van der Waals surface area (Å²) in [5.74, 6) is 0.596. The molecule has 0 aliphatic carbocycles. The molecule has 0 saturated carbocycles. The third kappa shape index (κ3) is 3.00. The van der Waals surface area contributed by atoms with Crippen molar-refractivity contribution in [3.8, 4) is 5.75 Å². The van der Waals surface area contributed by atoms with Crippen LogP contribution < -0.4 is 10.1 Å². The lowest BCUT2D eigenvalue weighted by Crippen LogP contribution is -2.06. The van der Waals surface area contributed by atoms with Gasteiger partial charge in [0.05, 0.1) is 7.11 Å². The smallest absolute Gasteiger partial charge is 0.125 e. The number of methoxy groups -OCH3 is 1. The van der Waals surface area contributed by atoms with Crippen LogP contribution in [-0.4, -0.2) is 7.11 Å². The molecule has 0 heterocycles. The van der Waals surface area contributed by atoms with E-state index in [2.05, 4.69) is 5.32 Å². The highest BCUT2D eigenvalue weighted by atomic mass is 19.1. The molecule has 0 spiro atoms. The Bertz CT molecular complexity index is 510. The Morgan fingerprint density at radius 1 is 1.11 bits per heavy atom.